The number of amides is 1. The Labute approximate surface area is 152 Å². The first-order chi connectivity index (χ1) is 12.6. The molecular formula is C19H21N5O2. The van der Waals surface area contributed by atoms with Crippen molar-refractivity contribution in [2.75, 3.05) is 6.61 Å². The van der Waals surface area contributed by atoms with Crippen molar-refractivity contribution in [1.82, 2.24) is 25.5 Å². The third-order valence-electron chi connectivity index (χ3n) is 3.82. The van der Waals surface area contributed by atoms with Crippen LogP contribution in [0.2, 0.25) is 0 Å². The highest BCUT2D eigenvalue weighted by Crippen LogP contribution is 2.15. The number of rotatable bonds is 6. The molecule has 7 heteroatoms. The van der Waals surface area contributed by atoms with E-state index >= 15 is 0 Å². The molecule has 0 atom stereocenters. The van der Waals surface area contributed by atoms with Crippen LogP contribution in [0.3, 0.4) is 0 Å². The molecule has 0 unspecified atom stereocenters. The Hall–Kier alpha value is -3.22. The minimum Gasteiger partial charge on any atom is -0.494 e. The maximum Gasteiger partial charge on any atom is 0.251 e. The lowest BCUT2D eigenvalue weighted by molar-refractivity contribution is 0.0949. The van der Waals surface area contributed by atoms with E-state index in [9.17, 15) is 4.79 Å². The highest BCUT2D eigenvalue weighted by atomic mass is 16.5. The monoisotopic (exact) mass is 351 g/mol. The minimum absolute atomic E-state index is 0.155. The van der Waals surface area contributed by atoms with Gasteiger partial charge in [0.05, 0.1) is 18.8 Å². The SMILES string of the molecule is CCOc1ccc(-n2nnnc2CNC(=O)c2cc(C)cc(C)c2)cc1. The Morgan fingerprint density at radius 3 is 2.46 bits per heavy atom. The fraction of sp³-hybridized carbons (Fsp3) is 0.263. The minimum atomic E-state index is -0.155. The second-order valence-corrected chi connectivity index (χ2v) is 5.99. The van der Waals surface area contributed by atoms with E-state index in [0.29, 0.717) is 18.0 Å². The smallest absolute Gasteiger partial charge is 0.251 e. The highest BCUT2D eigenvalue weighted by molar-refractivity contribution is 5.94. The number of tetrazole rings is 1. The zero-order chi connectivity index (χ0) is 18.5. The van der Waals surface area contributed by atoms with Gasteiger partial charge < -0.3 is 10.1 Å². The highest BCUT2D eigenvalue weighted by Gasteiger charge is 2.12. The Balaban J connectivity index is 1.71. The number of aromatic nitrogens is 4. The standard InChI is InChI=1S/C19H21N5O2/c1-4-26-17-7-5-16(6-8-17)24-18(21-22-23-24)12-20-19(25)15-10-13(2)9-14(3)11-15/h5-11H,4,12H2,1-3H3,(H,20,25). The lowest BCUT2D eigenvalue weighted by atomic mass is 10.1. The van der Waals surface area contributed by atoms with Crippen molar-refractivity contribution in [1.29, 1.82) is 0 Å². The summed E-state index contributed by atoms with van der Waals surface area (Å²) < 4.78 is 7.03. The predicted octanol–water partition coefficient (Wildman–Crippen LogP) is 2.61. The van der Waals surface area contributed by atoms with E-state index in [2.05, 4.69) is 20.8 Å². The van der Waals surface area contributed by atoms with Gasteiger partial charge in [-0.05, 0) is 67.6 Å². The third-order valence-corrected chi connectivity index (χ3v) is 3.82. The van der Waals surface area contributed by atoms with Gasteiger partial charge in [0.25, 0.3) is 5.91 Å². The molecule has 0 aliphatic heterocycles. The van der Waals surface area contributed by atoms with Gasteiger partial charge in [-0.1, -0.05) is 17.2 Å². The van der Waals surface area contributed by atoms with Crippen LogP contribution in [-0.4, -0.2) is 32.7 Å². The Morgan fingerprint density at radius 2 is 1.81 bits per heavy atom. The van der Waals surface area contributed by atoms with E-state index in [1.165, 1.54) is 0 Å². The first kappa shape index (κ1) is 17.6. The van der Waals surface area contributed by atoms with Gasteiger partial charge in [0, 0.05) is 5.56 Å². The Kier molecular flexibility index (Phi) is 5.26. The fourth-order valence-electron chi connectivity index (χ4n) is 2.73. The number of benzene rings is 2. The van der Waals surface area contributed by atoms with Crippen LogP contribution in [0.15, 0.2) is 42.5 Å². The van der Waals surface area contributed by atoms with Crippen LogP contribution in [0.25, 0.3) is 5.69 Å². The molecule has 1 heterocycles. The zero-order valence-electron chi connectivity index (χ0n) is 15.1. The van der Waals surface area contributed by atoms with E-state index in [4.69, 9.17) is 4.74 Å². The fourth-order valence-corrected chi connectivity index (χ4v) is 2.73. The third kappa shape index (κ3) is 4.05. The summed E-state index contributed by atoms with van der Waals surface area (Å²) in [6, 6.07) is 13.2. The van der Waals surface area contributed by atoms with Crippen molar-refractivity contribution < 1.29 is 9.53 Å². The molecule has 1 N–H and O–H groups in total. The van der Waals surface area contributed by atoms with Crippen molar-refractivity contribution in [2.24, 2.45) is 0 Å². The van der Waals surface area contributed by atoms with Gasteiger partial charge in [0.15, 0.2) is 5.82 Å². The molecule has 0 radical (unpaired) electrons. The van der Waals surface area contributed by atoms with Crippen LogP contribution in [0.1, 0.15) is 34.2 Å². The zero-order valence-corrected chi connectivity index (χ0v) is 15.1. The second kappa shape index (κ2) is 7.77. The molecule has 3 aromatic rings. The summed E-state index contributed by atoms with van der Waals surface area (Å²) in [6.45, 7) is 6.71. The molecule has 0 saturated heterocycles. The maximum atomic E-state index is 12.4. The summed E-state index contributed by atoms with van der Waals surface area (Å²) in [5.41, 5.74) is 3.53. The van der Waals surface area contributed by atoms with Gasteiger partial charge in [-0.15, -0.1) is 5.10 Å². The largest absolute Gasteiger partial charge is 0.494 e. The maximum absolute atomic E-state index is 12.4. The van der Waals surface area contributed by atoms with E-state index in [1.807, 2.05) is 63.2 Å². The molecule has 0 fully saturated rings. The molecule has 0 bridgehead atoms. The molecule has 134 valence electrons. The second-order valence-electron chi connectivity index (χ2n) is 5.99. The van der Waals surface area contributed by atoms with Crippen molar-refractivity contribution in [2.45, 2.75) is 27.3 Å². The topological polar surface area (TPSA) is 81.9 Å². The molecule has 0 spiro atoms. The molecule has 0 saturated carbocycles. The van der Waals surface area contributed by atoms with Crippen LogP contribution < -0.4 is 10.1 Å². The molecule has 1 amide bonds. The molecule has 2 aromatic carbocycles. The summed E-state index contributed by atoms with van der Waals surface area (Å²) in [4.78, 5) is 12.4. The average molecular weight is 351 g/mol. The summed E-state index contributed by atoms with van der Waals surface area (Å²) in [5.74, 6) is 1.18. The van der Waals surface area contributed by atoms with Gasteiger partial charge in [-0.2, -0.15) is 4.68 Å². The number of carbonyl (C=O) groups is 1. The Morgan fingerprint density at radius 1 is 1.12 bits per heavy atom. The molecule has 0 aliphatic carbocycles. The first-order valence-electron chi connectivity index (χ1n) is 8.44. The number of nitrogens with one attached hydrogen (secondary N) is 1. The predicted molar refractivity (Wildman–Crippen MR) is 97.4 cm³/mol. The van der Waals surface area contributed by atoms with E-state index in [-0.39, 0.29) is 12.5 Å². The summed E-state index contributed by atoms with van der Waals surface area (Å²) >= 11 is 0. The number of hydrogen-bond donors (Lipinski definition) is 1. The van der Waals surface area contributed by atoms with Crippen LogP contribution in [0, 0.1) is 13.8 Å². The van der Waals surface area contributed by atoms with Crippen LogP contribution >= 0.6 is 0 Å². The molecule has 3 rings (SSSR count). The summed E-state index contributed by atoms with van der Waals surface area (Å²) in [6.07, 6.45) is 0. The summed E-state index contributed by atoms with van der Waals surface area (Å²) in [7, 11) is 0. The van der Waals surface area contributed by atoms with Crippen LogP contribution in [0.5, 0.6) is 5.75 Å². The van der Waals surface area contributed by atoms with Gasteiger partial charge in [-0.25, -0.2) is 0 Å². The molecule has 1 aromatic heterocycles. The number of hydrogen-bond acceptors (Lipinski definition) is 5. The normalized spacial score (nSPS) is 10.6. The molecular weight excluding hydrogens is 330 g/mol. The van der Waals surface area contributed by atoms with Crippen LogP contribution in [0.4, 0.5) is 0 Å². The van der Waals surface area contributed by atoms with E-state index < -0.39 is 0 Å². The number of nitrogens with zero attached hydrogens (tertiary/aromatic N) is 4. The summed E-state index contributed by atoms with van der Waals surface area (Å²) in [5, 5.41) is 14.6. The molecule has 7 nitrogen and oxygen atoms in total. The van der Waals surface area contributed by atoms with Gasteiger partial charge in [-0.3, -0.25) is 4.79 Å². The number of aryl methyl sites for hydroxylation is 2. The van der Waals surface area contributed by atoms with E-state index in [1.54, 1.807) is 4.68 Å². The molecule has 0 aliphatic rings. The lowest BCUT2D eigenvalue weighted by Gasteiger charge is -2.08. The average Bonchev–Trinajstić information content (AvgIpc) is 3.08. The Bertz CT molecular complexity index is 882. The van der Waals surface area contributed by atoms with Crippen molar-refractivity contribution in [3.63, 3.8) is 0 Å². The lowest BCUT2D eigenvalue weighted by Crippen LogP contribution is -2.25. The van der Waals surface area contributed by atoms with Gasteiger partial charge in [0.2, 0.25) is 0 Å². The van der Waals surface area contributed by atoms with Crippen molar-refractivity contribution in [3.8, 4) is 11.4 Å². The van der Waals surface area contributed by atoms with Crippen LogP contribution in [-0.2, 0) is 6.54 Å². The quantitative estimate of drug-likeness (QED) is 0.738. The number of ether oxygens (including phenoxy) is 1. The number of carbonyl (C=O) groups excluding carboxylic acids is 1. The van der Waals surface area contributed by atoms with Crippen molar-refractivity contribution in [3.05, 3.63) is 65.0 Å². The first-order valence-corrected chi connectivity index (χ1v) is 8.44. The van der Waals surface area contributed by atoms with Gasteiger partial charge >= 0.3 is 0 Å². The van der Waals surface area contributed by atoms with E-state index in [0.717, 1.165) is 22.6 Å². The van der Waals surface area contributed by atoms with Crippen molar-refractivity contribution >= 4 is 5.91 Å². The van der Waals surface area contributed by atoms with Gasteiger partial charge in [0.1, 0.15) is 5.75 Å². The molecule has 26 heavy (non-hydrogen) atoms.